The lowest BCUT2D eigenvalue weighted by Crippen LogP contribution is -2.41. The molecule has 1 aliphatic carbocycles. The molecule has 1 N–H and O–H groups in total. The van der Waals surface area contributed by atoms with Gasteiger partial charge in [-0.15, -0.1) is 0 Å². The number of hydrogen-bond acceptors (Lipinski definition) is 5. The van der Waals surface area contributed by atoms with E-state index in [1.165, 1.54) is 12.8 Å². The fourth-order valence-corrected chi connectivity index (χ4v) is 4.93. The maximum atomic E-state index is 12.9. The molecule has 2 amide bonds. The maximum absolute atomic E-state index is 12.9. The van der Waals surface area contributed by atoms with Crippen LogP contribution in [0.25, 0.3) is 0 Å². The number of rotatable bonds is 3. The summed E-state index contributed by atoms with van der Waals surface area (Å²) in [5, 5.41) is 3.23. The number of carbonyl (C=O) groups excluding carboxylic acids is 2. The predicted molar refractivity (Wildman–Crippen MR) is 107 cm³/mol. The van der Waals surface area contributed by atoms with Crippen molar-refractivity contribution in [1.29, 1.82) is 0 Å². The minimum atomic E-state index is 0.116. The molecule has 1 aromatic rings. The second-order valence-corrected chi connectivity index (χ2v) is 8.40. The van der Waals surface area contributed by atoms with Crippen LogP contribution in [0.15, 0.2) is 0 Å². The van der Waals surface area contributed by atoms with Crippen molar-refractivity contribution in [2.45, 2.75) is 64.3 Å². The second kappa shape index (κ2) is 8.05. The third-order valence-corrected chi connectivity index (χ3v) is 6.57. The van der Waals surface area contributed by atoms with Gasteiger partial charge < -0.3 is 15.1 Å². The highest BCUT2D eigenvalue weighted by Crippen LogP contribution is 2.32. The van der Waals surface area contributed by atoms with E-state index in [1.54, 1.807) is 6.92 Å². The van der Waals surface area contributed by atoms with Crippen molar-refractivity contribution in [3.05, 3.63) is 17.1 Å². The molecule has 1 aromatic heterocycles. The minimum Gasteiger partial charge on any atom is -0.373 e. The zero-order valence-corrected chi connectivity index (χ0v) is 17.0. The summed E-state index contributed by atoms with van der Waals surface area (Å²) in [6.45, 7) is 4.46. The third-order valence-electron chi connectivity index (χ3n) is 6.57. The number of aromatic nitrogens is 2. The molecule has 1 unspecified atom stereocenters. The molecule has 1 saturated carbocycles. The Bertz CT molecular complexity index is 759. The molecule has 0 aromatic carbocycles. The summed E-state index contributed by atoms with van der Waals surface area (Å²) in [4.78, 5) is 38.3. The van der Waals surface area contributed by atoms with Gasteiger partial charge in [-0.1, -0.05) is 12.8 Å². The van der Waals surface area contributed by atoms with Crippen LogP contribution in [-0.4, -0.2) is 58.3 Å². The van der Waals surface area contributed by atoms with Crippen molar-refractivity contribution in [2.24, 2.45) is 5.92 Å². The summed E-state index contributed by atoms with van der Waals surface area (Å²) in [6, 6.07) is 0. The van der Waals surface area contributed by atoms with E-state index in [2.05, 4.69) is 5.32 Å². The Hall–Kier alpha value is -2.18. The number of fused-ring (bicyclic) bond motifs is 1. The first-order valence-electron chi connectivity index (χ1n) is 10.7. The Balaban J connectivity index is 1.57. The third kappa shape index (κ3) is 3.71. The number of piperidine rings is 1. The van der Waals surface area contributed by atoms with Crippen LogP contribution in [0.5, 0.6) is 0 Å². The fraction of sp³-hybridized carbons (Fsp3) is 0.714. The van der Waals surface area contributed by atoms with Crippen LogP contribution < -0.4 is 5.32 Å². The number of nitrogens with one attached hydrogen (secondary N) is 1. The van der Waals surface area contributed by atoms with Crippen LogP contribution in [0.2, 0.25) is 0 Å². The zero-order valence-electron chi connectivity index (χ0n) is 17.0. The number of anilines is 1. The van der Waals surface area contributed by atoms with Crippen LogP contribution in [0.4, 0.5) is 5.82 Å². The van der Waals surface area contributed by atoms with Crippen LogP contribution in [0, 0.1) is 5.92 Å². The lowest BCUT2D eigenvalue weighted by molar-refractivity contribution is -0.136. The van der Waals surface area contributed by atoms with E-state index < -0.39 is 0 Å². The van der Waals surface area contributed by atoms with E-state index in [1.807, 2.05) is 16.8 Å². The van der Waals surface area contributed by atoms with Gasteiger partial charge in [0.2, 0.25) is 11.8 Å². The van der Waals surface area contributed by atoms with Gasteiger partial charge in [-0.05, 0) is 32.1 Å². The summed E-state index contributed by atoms with van der Waals surface area (Å²) in [6.07, 6.45) is 7.18. The number of amides is 2. The zero-order chi connectivity index (χ0) is 19.7. The van der Waals surface area contributed by atoms with E-state index in [-0.39, 0.29) is 17.7 Å². The number of nitrogens with zero attached hydrogens (tertiary/aromatic N) is 4. The summed E-state index contributed by atoms with van der Waals surface area (Å²) in [7, 11) is 1.89. The van der Waals surface area contributed by atoms with Gasteiger partial charge in [0.15, 0.2) is 0 Å². The number of hydrogen-bond donors (Lipinski definition) is 1. The lowest BCUT2D eigenvalue weighted by atomic mass is 9.96. The van der Waals surface area contributed by atoms with Crippen molar-refractivity contribution >= 4 is 17.6 Å². The predicted octanol–water partition coefficient (Wildman–Crippen LogP) is 2.32. The summed E-state index contributed by atoms with van der Waals surface area (Å²) in [5.41, 5.74) is 2.12. The molecule has 1 atom stereocenters. The largest absolute Gasteiger partial charge is 0.373 e. The van der Waals surface area contributed by atoms with Gasteiger partial charge in [0.1, 0.15) is 11.6 Å². The Kier molecular flexibility index (Phi) is 5.51. The molecule has 0 spiro atoms. The molecule has 152 valence electrons. The van der Waals surface area contributed by atoms with E-state index in [4.69, 9.17) is 9.97 Å². The molecule has 1 saturated heterocycles. The first kappa shape index (κ1) is 19.2. The summed E-state index contributed by atoms with van der Waals surface area (Å²) < 4.78 is 0. The molecular weight excluding hydrogens is 354 g/mol. The molecule has 2 aliphatic heterocycles. The molecule has 0 bridgehead atoms. The smallest absolute Gasteiger partial charge is 0.226 e. The van der Waals surface area contributed by atoms with E-state index >= 15 is 0 Å². The van der Waals surface area contributed by atoms with E-state index in [9.17, 15) is 9.59 Å². The van der Waals surface area contributed by atoms with Gasteiger partial charge in [0, 0.05) is 51.0 Å². The highest BCUT2D eigenvalue weighted by molar-refractivity contribution is 5.79. The SMILES string of the molecule is CNc1nc(C2CCCN(C(C)=O)C2)nc2c1CCN(C(=O)C1CCCC1)C2. The van der Waals surface area contributed by atoms with Gasteiger partial charge in [0.05, 0.1) is 12.2 Å². The number of carbonyl (C=O) groups is 2. The van der Waals surface area contributed by atoms with Crippen molar-refractivity contribution in [3.63, 3.8) is 0 Å². The highest BCUT2D eigenvalue weighted by atomic mass is 16.2. The molecule has 0 radical (unpaired) electrons. The maximum Gasteiger partial charge on any atom is 0.226 e. The Labute approximate surface area is 166 Å². The Morgan fingerprint density at radius 1 is 1.04 bits per heavy atom. The minimum absolute atomic E-state index is 0.116. The van der Waals surface area contributed by atoms with Gasteiger partial charge in [-0.3, -0.25) is 9.59 Å². The van der Waals surface area contributed by atoms with E-state index in [0.717, 1.165) is 68.1 Å². The topological polar surface area (TPSA) is 78.4 Å². The van der Waals surface area contributed by atoms with Crippen molar-refractivity contribution < 1.29 is 9.59 Å². The van der Waals surface area contributed by atoms with Gasteiger partial charge in [-0.2, -0.15) is 0 Å². The molecule has 4 rings (SSSR count). The second-order valence-electron chi connectivity index (χ2n) is 8.40. The van der Waals surface area contributed by atoms with Gasteiger partial charge >= 0.3 is 0 Å². The lowest BCUT2D eigenvalue weighted by Gasteiger charge is -2.34. The average molecular weight is 386 g/mol. The average Bonchev–Trinajstić information content (AvgIpc) is 3.26. The van der Waals surface area contributed by atoms with Gasteiger partial charge in [0.25, 0.3) is 0 Å². The molecule has 28 heavy (non-hydrogen) atoms. The molecular formula is C21H31N5O2. The monoisotopic (exact) mass is 385 g/mol. The summed E-state index contributed by atoms with van der Waals surface area (Å²) >= 11 is 0. The van der Waals surface area contributed by atoms with Gasteiger partial charge in [-0.25, -0.2) is 9.97 Å². The van der Waals surface area contributed by atoms with E-state index in [0.29, 0.717) is 19.0 Å². The first-order valence-corrected chi connectivity index (χ1v) is 10.7. The van der Waals surface area contributed by atoms with Crippen molar-refractivity contribution in [1.82, 2.24) is 19.8 Å². The van der Waals surface area contributed by atoms with Crippen LogP contribution in [0.1, 0.15) is 68.4 Å². The summed E-state index contributed by atoms with van der Waals surface area (Å²) in [5.74, 6) is 2.47. The van der Waals surface area contributed by atoms with Crippen LogP contribution in [-0.2, 0) is 22.6 Å². The quantitative estimate of drug-likeness (QED) is 0.864. The number of likely N-dealkylation sites (tertiary alicyclic amines) is 1. The van der Waals surface area contributed by atoms with Crippen LogP contribution >= 0.6 is 0 Å². The first-order chi connectivity index (χ1) is 13.6. The highest BCUT2D eigenvalue weighted by Gasteiger charge is 2.32. The van der Waals surface area contributed by atoms with Crippen molar-refractivity contribution in [2.75, 3.05) is 32.0 Å². The molecule has 7 nitrogen and oxygen atoms in total. The van der Waals surface area contributed by atoms with Crippen LogP contribution in [0.3, 0.4) is 0 Å². The molecule has 3 aliphatic rings. The van der Waals surface area contributed by atoms with Crippen molar-refractivity contribution in [3.8, 4) is 0 Å². The fourth-order valence-electron chi connectivity index (χ4n) is 4.93. The normalized spacial score (nSPS) is 22.9. The Morgan fingerprint density at radius 3 is 2.54 bits per heavy atom. The standard InChI is InChI=1S/C21H31N5O2/c1-14(27)25-10-5-8-16(12-25)19-23-18-13-26(21(28)15-6-3-4-7-15)11-9-17(18)20(22-2)24-19/h15-16H,3-13H2,1-2H3,(H,22,23,24). The molecule has 2 fully saturated rings. The Morgan fingerprint density at radius 2 is 1.82 bits per heavy atom. The molecule has 7 heteroatoms. The molecule has 3 heterocycles.